The predicted octanol–water partition coefficient (Wildman–Crippen LogP) is -6.26. The van der Waals surface area contributed by atoms with Crippen molar-refractivity contribution in [2.45, 2.75) is 0 Å². The highest BCUT2D eigenvalue weighted by molar-refractivity contribution is 7.48. The topological polar surface area (TPSA) is 712 Å². The Morgan fingerprint density at radius 3 is 0.533 bits per heavy atom. The average molecular weight is 1550 g/mol. The van der Waals surface area contributed by atoms with Gasteiger partial charge < -0.3 is 159 Å². The Balaban J connectivity index is 4.41. The quantitative estimate of drug-likeness (QED) is 0.0215. The lowest BCUT2D eigenvalue weighted by Crippen LogP contribution is -2.27. The zero-order chi connectivity index (χ0) is 68.9. The van der Waals surface area contributed by atoms with E-state index in [1.54, 1.807) is 0 Å². The Hall–Kier alpha value is 0.840. The molecule has 14 unspecified atom stereocenters. The molecule has 0 aliphatic carbocycles. The van der Waals surface area contributed by atoms with Crippen molar-refractivity contribution in [1.29, 1.82) is 0 Å². The van der Waals surface area contributed by atoms with Gasteiger partial charge in [0.2, 0.25) is 0 Å². The smallest absolute Gasteiger partial charge is 0.268 e. The number of aliphatic hydroxyl groups is 1. The van der Waals surface area contributed by atoms with Crippen LogP contribution in [-0.4, -0.2) is 175 Å². The molecular formula is C28H58F3N3O45P11-11. The lowest BCUT2D eigenvalue weighted by atomic mass is 10.2. The summed E-state index contributed by atoms with van der Waals surface area (Å²) in [5.74, 6) is -3.73. The monoisotopic (exact) mass is 1550 g/mol. The molecule has 5 N–H and O–H groups in total. The van der Waals surface area contributed by atoms with Crippen LogP contribution in [-0.2, 0) is 145 Å². The lowest BCUT2D eigenvalue weighted by molar-refractivity contribution is -0.239. The summed E-state index contributed by atoms with van der Waals surface area (Å²) < 4.78 is 257. The molecule has 0 heterocycles. The lowest BCUT2D eigenvalue weighted by Gasteiger charge is -2.28. The molecule has 0 amide bonds. The van der Waals surface area contributed by atoms with Gasteiger partial charge in [-0.2, -0.15) is 16.6 Å². The maximum Gasteiger partial charge on any atom is 0.268 e. The van der Waals surface area contributed by atoms with E-state index in [4.69, 9.17) is 10.00 Å². The van der Waals surface area contributed by atoms with Crippen molar-refractivity contribution in [3.63, 3.8) is 0 Å². The van der Waals surface area contributed by atoms with E-state index in [0.29, 0.717) is 0 Å². The minimum atomic E-state index is -5.37. The minimum absolute atomic E-state index is 0.478. The van der Waals surface area contributed by atoms with Gasteiger partial charge in [-0.3, -0.25) is 50.2 Å². The van der Waals surface area contributed by atoms with E-state index in [0.717, 1.165) is 11.1 Å². The molecule has 0 aliphatic rings. The molecule has 542 valence electrons. The van der Waals surface area contributed by atoms with E-state index in [9.17, 15) is 117 Å². The van der Waals surface area contributed by atoms with Gasteiger partial charge in [0.15, 0.2) is 0 Å². The van der Waals surface area contributed by atoms with Gasteiger partial charge in [-0.25, -0.2) is 0 Å². The van der Waals surface area contributed by atoms with Crippen LogP contribution in [0.4, 0.5) is 13.4 Å². The van der Waals surface area contributed by atoms with Crippen LogP contribution in [0.2, 0.25) is 0 Å². The Bertz CT molecular complexity index is 2570. The summed E-state index contributed by atoms with van der Waals surface area (Å²) in [6.07, 6.45) is 0. The van der Waals surface area contributed by atoms with Gasteiger partial charge in [0.05, 0.1) is 139 Å². The van der Waals surface area contributed by atoms with E-state index in [1.165, 1.54) is 5.54 Å². The van der Waals surface area contributed by atoms with Crippen LogP contribution in [0.3, 0.4) is 0 Å². The van der Waals surface area contributed by atoms with E-state index < -0.39 is 269 Å². The third-order valence-corrected chi connectivity index (χ3v) is 18.7. The van der Waals surface area contributed by atoms with Crippen molar-refractivity contribution in [2.75, 3.05) is 165 Å². The fraction of sp³-hybridized carbons (Fsp3) is 1.00. The maximum absolute atomic E-state index is 12.8. The van der Waals surface area contributed by atoms with Crippen LogP contribution in [0.25, 0.3) is 0 Å². The van der Waals surface area contributed by atoms with Crippen LogP contribution in [0.1, 0.15) is 0 Å². The maximum atomic E-state index is 12.8. The Kier molecular flexibility index (Phi) is 45.9. The molecule has 90 heavy (non-hydrogen) atoms. The van der Waals surface area contributed by atoms with E-state index in [1.807, 2.05) is 0 Å². The van der Waals surface area contributed by atoms with Gasteiger partial charge in [-0.05, 0) is 0 Å². The molecule has 14 atom stereocenters. The predicted molar refractivity (Wildman–Crippen MR) is 256 cm³/mol. The van der Waals surface area contributed by atoms with E-state index in [2.05, 4.69) is 95.0 Å². The van der Waals surface area contributed by atoms with Crippen LogP contribution in [0.15, 0.2) is 0 Å². The molecule has 0 saturated carbocycles. The molecule has 0 rings (SSSR count). The fourth-order valence-electron chi connectivity index (χ4n) is 4.58. The number of nitrogens with one attached hydrogen (secondary N) is 3. The Labute approximate surface area is 506 Å². The highest BCUT2D eigenvalue weighted by Gasteiger charge is 2.24. The first-order valence-corrected chi connectivity index (χ1v) is 39.8. The Morgan fingerprint density at radius 1 is 0.256 bits per heavy atom. The normalized spacial score (nSPS) is 20.8. The molecular weight excluding hydrogens is 1500 g/mol. The summed E-state index contributed by atoms with van der Waals surface area (Å²) in [7, 11) is -58.2. The van der Waals surface area contributed by atoms with E-state index >= 15 is 0 Å². The number of rotatable bonds is 62. The third-order valence-electron chi connectivity index (χ3n) is 8.36. The summed E-state index contributed by atoms with van der Waals surface area (Å²) in [6, 6.07) is 0. The molecule has 0 radical (unpaired) electrons. The molecule has 0 aliphatic heterocycles. The molecule has 0 fully saturated rings. The second-order valence-electron chi connectivity index (χ2n) is 15.5. The Morgan fingerprint density at radius 2 is 0.389 bits per heavy atom. The highest BCUT2D eigenvalue weighted by atomic mass is 31.2. The molecule has 0 aromatic carbocycles. The number of hydrogen-bond donors (Lipinski definition) is 5. The number of hydrogen-bond acceptors (Lipinski definition) is 47. The van der Waals surface area contributed by atoms with Gasteiger partial charge in [-0.1, -0.05) is 0 Å². The van der Waals surface area contributed by atoms with Crippen molar-refractivity contribution >= 4 is 86.0 Å². The number of aliphatic hydroxyl groups excluding tert-OH is 1. The molecule has 0 aromatic rings. The average Bonchev–Trinajstić information content (AvgIpc) is 2.22. The van der Waals surface area contributed by atoms with Gasteiger partial charge >= 0.3 is 0 Å². The summed E-state index contributed by atoms with van der Waals surface area (Å²) in [6.45, 7) is -24.4. The van der Waals surface area contributed by atoms with Gasteiger partial charge in [0, 0.05) is 44.0 Å². The van der Waals surface area contributed by atoms with Gasteiger partial charge in [0.1, 0.15) is 0 Å². The number of halogens is 3. The number of phosphoric ester groups is 11. The van der Waals surface area contributed by atoms with Crippen LogP contribution in [0.5, 0.6) is 0 Å². The zero-order valence-corrected chi connectivity index (χ0v) is 55.3. The minimum Gasteiger partial charge on any atom is -0.756 e. The molecule has 0 bridgehead atoms. The van der Waals surface area contributed by atoms with Crippen LogP contribution >= 0.6 is 86.0 Å². The summed E-state index contributed by atoms with van der Waals surface area (Å²) in [5, 5.41) is 9.00. The first kappa shape index (κ1) is 90.8. The second kappa shape index (κ2) is 45.5. The van der Waals surface area contributed by atoms with Crippen LogP contribution in [0, 0.1) is 17.8 Å². The largest absolute Gasteiger partial charge is 0.756 e. The van der Waals surface area contributed by atoms with Crippen LogP contribution < -0.4 is 70.4 Å². The van der Waals surface area contributed by atoms with Crippen molar-refractivity contribution in [1.82, 2.24) is 16.6 Å². The fourth-order valence-corrected chi connectivity index (χ4v) is 12.1. The molecule has 0 saturated heterocycles. The first-order chi connectivity index (χ1) is 41.4. The summed E-state index contributed by atoms with van der Waals surface area (Å²) >= 11 is 0. The zero-order valence-electron chi connectivity index (χ0n) is 45.4. The van der Waals surface area contributed by atoms with Gasteiger partial charge in [-0.15, -0.1) is 13.4 Å². The molecule has 48 nitrogen and oxygen atoms in total. The van der Waals surface area contributed by atoms with Crippen molar-refractivity contribution in [3.05, 3.63) is 0 Å². The van der Waals surface area contributed by atoms with E-state index in [-0.39, 0.29) is 0 Å². The molecule has 0 aromatic heterocycles. The first-order valence-electron chi connectivity index (χ1n) is 23.7. The SMILES string of the molecule is O=P([O-])(O)OCC(CNF)COP(=O)([O-])OCCOP(=O)([O-])OCCOP(=O)([O-])OCCOP(=O)([O-])OCCOP(=O)([O-])OCCOP(=O)([O-])OCCOP(=O)([O-])OCCOP(=O)([O-])OCC(CNF)COP(=O)([O-])OCCOP(=O)([O-])OCC(CO)CNF. The van der Waals surface area contributed by atoms with Crippen molar-refractivity contribution < 1.29 is 222 Å². The van der Waals surface area contributed by atoms with Crippen molar-refractivity contribution in [3.8, 4) is 0 Å². The highest BCUT2D eigenvalue weighted by Crippen LogP contribution is 2.47. The molecule has 0 spiro atoms. The second-order valence-corrected chi connectivity index (χ2v) is 30.8. The third kappa shape index (κ3) is 52.9. The number of phosphoric acid groups is 11. The summed E-state index contributed by atoms with van der Waals surface area (Å²) in [4.78, 5) is 138. The van der Waals surface area contributed by atoms with Gasteiger partial charge in [0.25, 0.3) is 86.0 Å². The standard InChI is InChI=1S/C28H69F3N3O45P11/c29-32-17-26(20-35)21-76-87(51,52)71-15-16-74-90(57,58)79-25-28(19-34-31)24-78-89(55,56)73-14-12-70-86(49,50)68-10-8-66-84(45,46)64-6-4-62-82(41,42)60-2-1-59-81(39,40)61-3-5-63-83(43,44)65-7-9-67-85(47,48)69-11-13-72-88(53,54)77-23-27(18-33-30)22-75-80(36,37)38/h26-28,32-35H,1-25H2,(H,39,40)(H,41,42)(H,43,44)(H,45,46)(H,47,48)(H,49,50)(H,51,52)(H,53,54)(H,55,56)(H,57,58)(H2,36,37,38)/p-11. The summed E-state index contributed by atoms with van der Waals surface area (Å²) in [5.41, 5.74) is 3.35. The van der Waals surface area contributed by atoms with Crippen molar-refractivity contribution in [2.24, 2.45) is 17.8 Å². The molecule has 62 heteroatoms.